The molecule has 0 aliphatic rings. The summed E-state index contributed by atoms with van der Waals surface area (Å²) in [4.78, 5) is 16.2. The van der Waals surface area contributed by atoms with Crippen LogP contribution in [0.5, 0.6) is 0 Å². The van der Waals surface area contributed by atoms with Crippen molar-refractivity contribution < 1.29 is 9.18 Å². The standard InChI is InChI=1S/C19H19FN4O/c1-13-6-8-14(9-7-13)24-12-10-16(23-24)22-18(25)19(2,3)15-5-4-11-21-17(15)20/h4-12H,1-3H3,(H,22,23,25). The Morgan fingerprint density at radius 1 is 1.16 bits per heavy atom. The van der Waals surface area contributed by atoms with Crippen LogP contribution in [0.25, 0.3) is 5.69 Å². The third-order valence-electron chi connectivity index (χ3n) is 4.13. The van der Waals surface area contributed by atoms with Gasteiger partial charge in [0.05, 0.1) is 11.1 Å². The molecule has 3 aromatic rings. The number of carbonyl (C=O) groups excluding carboxylic acids is 1. The van der Waals surface area contributed by atoms with Gasteiger partial charge in [0, 0.05) is 24.0 Å². The summed E-state index contributed by atoms with van der Waals surface area (Å²) in [6.07, 6.45) is 3.12. The highest BCUT2D eigenvalue weighted by molar-refractivity contribution is 5.97. The average Bonchev–Trinajstić information content (AvgIpc) is 3.04. The van der Waals surface area contributed by atoms with Crippen molar-refractivity contribution in [2.45, 2.75) is 26.2 Å². The molecule has 0 atom stereocenters. The van der Waals surface area contributed by atoms with Crippen LogP contribution < -0.4 is 5.32 Å². The molecule has 1 N–H and O–H groups in total. The Kier molecular flexibility index (Phi) is 4.35. The Bertz CT molecular complexity index is 900. The molecule has 0 saturated carbocycles. The number of rotatable bonds is 4. The third-order valence-corrected chi connectivity index (χ3v) is 4.13. The van der Waals surface area contributed by atoms with Crippen molar-refractivity contribution in [2.24, 2.45) is 0 Å². The van der Waals surface area contributed by atoms with Crippen LogP contribution in [-0.4, -0.2) is 20.7 Å². The van der Waals surface area contributed by atoms with E-state index in [1.807, 2.05) is 31.2 Å². The molecule has 0 radical (unpaired) electrons. The summed E-state index contributed by atoms with van der Waals surface area (Å²) in [6, 6.07) is 12.7. The number of carbonyl (C=O) groups is 1. The number of aryl methyl sites for hydroxylation is 1. The highest BCUT2D eigenvalue weighted by atomic mass is 19.1. The number of aromatic nitrogens is 3. The highest BCUT2D eigenvalue weighted by Crippen LogP contribution is 2.26. The van der Waals surface area contributed by atoms with E-state index in [-0.39, 0.29) is 11.5 Å². The van der Waals surface area contributed by atoms with Crippen LogP contribution in [-0.2, 0) is 10.2 Å². The van der Waals surface area contributed by atoms with E-state index < -0.39 is 11.4 Å². The molecule has 1 aromatic carbocycles. The van der Waals surface area contributed by atoms with Crippen molar-refractivity contribution in [3.63, 3.8) is 0 Å². The topological polar surface area (TPSA) is 59.8 Å². The first kappa shape index (κ1) is 16.8. The average molecular weight is 338 g/mol. The summed E-state index contributed by atoms with van der Waals surface area (Å²) in [5, 5.41) is 7.10. The predicted octanol–water partition coefficient (Wildman–Crippen LogP) is 3.63. The maximum atomic E-state index is 13.9. The number of anilines is 1. The molecule has 0 unspecified atom stereocenters. The lowest BCUT2D eigenvalue weighted by Gasteiger charge is -2.23. The fraction of sp³-hybridized carbons (Fsp3) is 0.211. The van der Waals surface area contributed by atoms with Gasteiger partial charge in [-0.3, -0.25) is 4.79 Å². The Morgan fingerprint density at radius 3 is 2.56 bits per heavy atom. The Balaban J connectivity index is 1.79. The van der Waals surface area contributed by atoms with Crippen molar-refractivity contribution in [1.29, 1.82) is 0 Å². The maximum absolute atomic E-state index is 13.9. The van der Waals surface area contributed by atoms with Crippen LogP contribution in [0.15, 0.2) is 54.9 Å². The lowest BCUT2D eigenvalue weighted by atomic mass is 9.84. The SMILES string of the molecule is Cc1ccc(-n2ccc(NC(=O)C(C)(C)c3cccnc3F)n2)cc1. The van der Waals surface area contributed by atoms with Gasteiger partial charge in [-0.1, -0.05) is 23.8 Å². The molecule has 0 bridgehead atoms. The normalized spacial score (nSPS) is 11.4. The second-order valence-electron chi connectivity index (χ2n) is 6.40. The van der Waals surface area contributed by atoms with Gasteiger partial charge in [0.15, 0.2) is 5.82 Å². The van der Waals surface area contributed by atoms with E-state index in [0.29, 0.717) is 5.82 Å². The molecule has 25 heavy (non-hydrogen) atoms. The van der Waals surface area contributed by atoms with Gasteiger partial charge in [0.2, 0.25) is 11.9 Å². The van der Waals surface area contributed by atoms with Crippen molar-refractivity contribution >= 4 is 11.7 Å². The molecule has 1 amide bonds. The number of benzene rings is 1. The van der Waals surface area contributed by atoms with Crippen molar-refractivity contribution in [2.75, 3.05) is 5.32 Å². The predicted molar refractivity (Wildman–Crippen MR) is 94.2 cm³/mol. The van der Waals surface area contributed by atoms with Crippen LogP contribution in [0.1, 0.15) is 25.0 Å². The van der Waals surface area contributed by atoms with Crippen LogP contribution in [0, 0.1) is 12.9 Å². The lowest BCUT2D eigenvalue weighted by Crippen LogP contribution is -2.36. The Labute approximate surface area is 145 Å². The van der Waals surface area contributed by atoms with E-state index >= 15 is 0 Å². The van der Waals surface area contributed by atoms with Gasteiger partial charge in [-0.25, -0.2) is 9.67 Å². The smallest absolute Gasteiger partial charge is 0.235 e. The van der Waals surface area contributed by atoms with Gasteiger partial charge in [0.25, 0.3) is 0 Å². The van der Waals surface area contributed by atoms with Gasteiger partial charge < -0.3 is 5.32 Å². The molecular weight excluding hydrogens is 319 g/mol. The number of hydrogen-bond donors (Lipinski definition) is 1. The number of hydrogen-bond acceptors (Lipinski definition) is 3. The first-order chi connectivity index (χ1) is 11.9. The zero-order valence-corrected chi connectivity index (χ0v) is 14.3. The molecule has 3 rings (SSSR count). The highest BCUT2D eigenvalue weighted by Gasteiger charge is 2.33. The second-order valence-corrected chi connectivity index (χ2v) is 6.40. The van der Waals surface area contributed by atoms with Crippen molar-refractivity contribution in [3.8, 4) is 5.69 Å². The largest absolute Gasteiger partial charge is 0.308 e. The van der Waals surface area contributed by atoms with Crippen LogP contribution in [0.2, 0.25) is 0 Å². The fourth-order valence-electron chi connectivity index (χ4n) is 2.48. The molecule has 0 aliphatic carbocycles. The monoisotopic (exact) mass is 338 g/mol. The second kappa shape index (κ2) is 6.47. The Morgan fingerprint density at radius 2 is 1.88 bits per heavy atom. The minimum Gasteiger partial charge on any atom is -0.308 e. The van der Waals surface area contributed by atoms with Crippen molar-refractivity contribution in [3.05, 3.63) is 71.9 Å². The summed E-state index contributed by atoms with van der Waals surface area (Å²) in [6.45, 7) is 5.32. The van der Waals surface area contributed by atoms with E-state index in [1.54, 1.807) is 42.9 Å². The number of halogens is 1. The molecule has 0 aliphatic heterocycles. The fourth-order valence-corrected chi connectivity index (χ4v) is 2.48. The molecule has 6 heteroatoms. The summed E-state index contributed by atoms with van der Waals surface area (Å²) >= 11 is 0. The number of nitrogens with zero attached hydrogens (tertiary/aromatic N) is 3. The van der Waals surface area contributed by atoms with Crippen LogP contribution >= 0.6 is 0 Å². The number of nitrogens with one attached hydrogen (secondary N) is 1. The minimum atomic E-state index is -1.08. The van der Waals surface area contributed by atoms with E-state index in [1.165, 1.54) is 6.20 Å². The molecular formula is C19H19FN4O. The van der Waals surface area contributed by atoms with Gasteiger partial charge in [-0.2, -0.15) is 9.49 Å². The number of amides is 1. The molecule has 0 fully saturated rings. The van der Waals surface area contributed by atoms with Crippen molar-refractivity contribution in [1.82, 2.24) is 14.8 Å². The minimum absolute atomic E-state index is 0.241. The first-order valence-corrected chi connectivity index (χ1v) is 7.93. The quantitative estimate of drug-likeness (QED) is 0.739. The summed E-state index contributed by atoms with van der Waals surface area (Å²) < 4.78 is 15.6. The van der Waals surface area contributed by atoms with E-state index in [2.05, 4.69) is 15.4 Å². The molecule has 2 heterocycles. The first-order valence-electron chi connectivity index (χ1n) is 7.93. The summed E-state index contributed by atoms with van der Waals surface area (Å²) in [7, 11) is 0. The van der Waals surface area contributed by atoms with Crippen LogP contribution in [0.3, 0.4) is 0 Å². The van der Waals surface area contributed by atoms with Gasteiger partial charge in [-0.15, -0.1) is 0 Å². The van der Waals surface area contributed by atoms with Gasteiger partial charge in [0.1, 0.15) is 0 Å². The maximum Gasteiger partial charge on any atom is 0.235 e. The van der Waals surface area contributed by atoms with Crippen LogP contribution in [0.4, 0.5) is 10.2 Å². The lowest BCUT2D eigenvalue weighted by molar-refractivity contribution is -0.120. The molecule has 0 spiro atoms. The van der Waals surface area contributed by atoms with E-state index in [9.17, 15) is 9.18 Å². The zero-order chi connectivity index (χ0) is 18.0. The van der Waals surface area contributed by atoms with Gasteiger partial charge in [-0.05, 0) is 39.0 Å². The molecule has 2 aromatic heterocycles. The van der Waals surface area contributed by atoms with E-state index in [0.717, 1.165) is 11.3 Å². The molecule has 5 nitrogen and oxygen atoms in total. The Hall–Kier alpha value is -3.02. The molecule has 0 saturated heterocycles. The van der Waals surface area contributed by atoms with Gasteiger partial charge >= 0.3 is 0 Å². The molecule has 128 valence electrons. The zero-order valence-electron chi connectivity index (χ0n) is 14.3. The number of pyridine rings is 1. The van der Waals surface area contributed by atoms with E-state index in [4.69, 9.17) is 0 Å². The third kappa shape index (κ3) is 3.42. The summed E-state index contributed by atoms with van der Waals surface area (Å²) in [5.41, 5.74) is 1.21. The summed E-state index contributed by atoms with van der Waals surface area (Å²) in [5.74, 6) is -0.593.